The third-order valence-corrected chi connectivity index (χ3v) is 6.89. The highest BCUT2D eigenvalue weighted by atomic mass is 16.2. The van der Waals surface area contributed by atoms with E-state index in [0.29, 0.717) is 12.8 Å². The van der Waals surface area contributed by atoms with E-state index in [2.05, 4.69) is 55.6 Å². The molecule has 0 bridgehead atoms. The van der Waals surface area contributed by atoms with E-state index in [4.69, 9.17) is 0 Å². The van der Waals surface area contributed by atoms with Crippen molar-refractivity contribution < 1.29 is 9.59 Å². The van der Waals surface area contributed by atoms with Crippen LogP contribution in [0, 0.1) is 13.8 Å². The first-order valence-electron chi connectivity index (χ1n) is 10.3. The predicted molar refractivity (Wildman–Crippen MR) is 109 cm³/mol. The fraction of sp³-hybridized carbons (Fsp3) is 0.417. The lowest BCUT2D eigenvalue weighted by Crippen LogP contribution is -2.50. The largest absolute Gasteiger partial charge is 0.344 e. The first-order valence-corrected chi connectivity index (χ1v) is 10.3. The average molecular weight is 374 g/mol. The van der Waals surface area contributed by atoms with Crippen molar-refractivity contribution in [1.82, 2.24) is 10.2 Å². The zero-order chi connectivity index (χ0) is 19.5. The van der Waals surface area contributed by atoms with Crippen LogP contribution in [-0.4, -0.2) is 35.8 Å². The van der Waals surface area contributed by atoms with Crippen molar-refractivity contribution in [2.45, 2.75) is 51.0 Å². The van der Waals surface area contributed by atoms with Gasteiger partial charge in [-0.1, -0.05) is 47.5 Å². The van der Waals surface area contributed by atoms with Gasteiger partial charge in [0.15, 0.2) is 0 Å². The number of likely N-dealkylation sites (tertiary alicyclic amines) is 1. The summed E-state index contributed by atoms with van der Waals surface area (Å²) in [5.41, 5.74) is 8.12. The number of carbonyl (C=O) groups is 2. The summed E-state index contributed by atoms with van der Waals surface area (Å²) in [5, 5.41) is 2.83. The van der Waals surface area contributed by atoms with Gasteiger partial charge >= 0.3 is 0 Å². The number of benzene rings is 2. The molecule has 1 aliphatic carbocycles. The Morgan fingerprint density at radius 2 is 1.57 bits per heavy atom. The normalized spacial score (nSPS) is 22.1. The second kappa shape index (κ2) is 6.20. The molecule has 4 heteroatoms. The maximum atomic E-state index is 12.9. The van der Waals surface area contributed by atoms with E-state index in [9.17, 15) is 9.59 Å². The van der Waals surface area contributed by atoms with Crippen molar-refractivity contribution in [1.29, 1.82) is 0 Å². The molecule has 144 valence electrons. The minimum absolute atomic E-state index is 0.00158. The summed E-state index contributed by atoms with van der Waals surface area (Å²) in [7, 11) is 0. The molecule has 0 radical (unpaired) electrons. The molecular formula is C24H26N2O2. The molecule has 2 amide bonds. The van der Waals surface area contributed by atoms with Crippen LogP contribution in [0.4, 0.5) is 0 Å². The van der Waals surface area contributed by atoms with Gasteiger partial charge in [-0.25, -0.2) is 0 Å². The molecule has 28 heavy (non-hydrogen) atoms. The van der Waals surface area contributed by atoms with Crippen LogP contribution in [0.1, 0.15) is 47.9 Å². The number of nitrogens with zero attached hydrogens (tertiary/aromatic N) is 1. The van der Waals surface area contributed by atoms with Gasteiger partial charge < -0.3 is 10.2 Å². The highest BCUT2D eigenvalue weighted by Crippen LogP contribution is 2.54. The molecule has 5 rings (SSSR count). The zero-order valence-corrected chi connectivity index (χ0v) is 16.5. The van der Waals surface area contributed by atoms with E-state index in [1.54, 1.807) is 0 Å². The minimum atomic E-state index is -0.325. The Labute approximate surface area is 165 Å². The average Bonchev–Trinajstić information content (AvgIpc) is 3.23. The van der Waals surface area contributed by atoms with Gasteiger partial charge in [0.05, 0.1) is 0 Å². The van der Waals surface area contributed by atoms with Crippen LogP contribution >= 0.6 is 0 Å². The topological polar surface area (TPSA) is 49.4 Å². The number of nitrogens with one attached hydrogen (secondary N) is 1. The number of fused-ring (bicyclic) bond motifs is 5. The summed E-state index contributed by atoms with van der Waals surface area (Å²) >= 11 is 0. The van der Waals surface area contributed by atoms with Gasteiger partial charge in [-0.2, -0.15) is 0 Å². The Morgan fingerprint density at radius 3 is 2.07 bits per heavy atom. The minimum Gasteiger partial charge on any atom is -0.344 e. The van der Waals surface area contributed by atoms with E-state index in [1.165, 1.54) is 33.4 Å². The number of piperidine rings is 1. The molecule has 4 nitrogen and oxygen atoms in total. The van der Waals surface area contributed by atoms with Crippen LogP contribution in [0.3, 0.4) is 0 Å². The van der Waals surface area contributed by atoms with Gasteiger partial charge in [-0.15, -0.1) is 0 Å². The molecule has 2 aromatic rings. The van der Waals surface area contributed by atoms with Crippen LogP contribution in [0.5, 0.6) is 0 Å². The van der Waals surface area contributed by atoms with Gasteiger partial charge in [-0.3, -0.25) is 9.59 Å². The standard InChI is InChI=1S/C24H26N2O2/c1-15-3-5-17-18-6-4-16(2)14-20(18)24(19(17)13-15)9-11-26(12-10-24)23(28)21-7-8-22(27)25-21/h3-6,13-14,21H,7-12H2,1-2H3,(H,25,27)/t21-/m0/s1. The molecule has 0 saturated carbocycles. The summed E-state index contributed by atoms with van der Waals surface area (Å²) in [6.45, 7) is 5.80. The first kappa shape index (κ1) is 17.5. The fourth-order valence-electron chi connectivity index (χ4n) is 5.39. The second-order valence-electron chi connectivity index (χ2n) is 8.66. The molecule has 1 atom stereocenters. The van der Waals surface area contributed by atoms with Gasteiger partial charge in [0.1, 0.15) is 6.04 Å². The lowest BCUT2D eigenvalue weighted by atomic mass is 9.70. The Morgan fingerprint density at radius 1 is 1.00 bits per heavy atom. The molecule has 2 aliphatic heterocycles. The lowest BCUT2D eigenvalue weighted by Gasteiger charge is -2.41. The highest BCUT2D eigenvalue weighted by molar-refractivity contribution is 5.91. The third-order valence-electron chi connectivity index (χ3n) is 6.89. The molecular weight excluding hydrogens is 348 g/mol. The Hall–Kier alpha value is -2.62. The van der Waals surface area contributed by atoms with Crippen LogP contribution in [0.15, 0.2) is 36.4 Å². The number of hydrogen-bond donors (Lipinski definition) is 1. The first-order chi connectivity index (χ1) is 13.5. The summed E-state index contributed by atoms with van der Waals surface area (Å²) in [4.78, 5) is 26.3. The maximum absolute atomic E-state index is 12.9. The van der Waals surface area contributed by atoms with Gasteiger partial charge in [-0.05, 0) is 55.4 Å². The van der Waals surface area contributed by atoms with Crippen LogP contribution < -0.4 is 5.32 Å². The zero-order valence-electron chi connectivity index (χ0n) is 16.5. The summed E-state index contributed by atoms with van der Waals surface area (Å²) < 4.78 is 0. The number of rotatable bonds is 1. The van der Waals surface area contributed by atoms with Crippen LogP contribution in [0.2, 0.25) is 0 Å². The monoisotopic (exact) mass is 374 g/mol. The molecule has 2 aromatic carbocycles. The van der Waals surface area contributed by atoms with Crippen molar-refractivity contribution >= 4 is 11.8 Å². The molecule has 2 saturated heterocycles. The highest BCUT2D eigenvalue weighted by Gasteiger charge is 2.46. The van der Waals surface area contributed by atoms with Crippen molar-refractivity contribution in [3.8, 4) is 11.1 Å². The Bertz CT molecular complexity index is 933. The summed E-state index contributed by atoms with van der Waals surface area (Å²) in [6, 6.07) is 13.3. The van der Waals surface area contributed by atoms with Gasteiger partial charge in [0, 0.05) is 24.9 Å². The molecule has 3 aliphatic rings. The van der Waals surface area contributed by atoms with Crippen molar-refractivity contribution in [3.63, 3.8) is 0 Å². The van der Waals surface area contributed by atoms with E-state index in [1.807, 2.05) is 4.90 Å². The summed E-state index contributed by atoms with van der Waals surface area (Å²) in [6.07, 6.45) is 2.97. The van der Waals surface area contributed by atoms with Gasteiger partial charge in [0.25, 0.3) is 0 Å². The molecule has 2 fully saturated rings. The second-order valence-corrected chi connectivity index (χ2v) is 8.66. The lowest BCUT2D eigenvalue weighted by molar-refractivity contribution is -0.135. The number of amides is 2. The third kappa shape index (κ3) is 2.50. The molecule has 0 aromatic heterocycles. The number of carbonyl (C=O) groups excluding carboxylic acids is 2. The molecule has 0 unspecified atom stereocenters. The fourth-order valence-corrected chi connectivity index (χ4v) is 5.39. The van der Waals surface area contributed by atoms with E-state index in [-0.39, 0.29) is 23.3 Å². The van der Waals surface area contributed by atoms with Crippen molar-refractivity contribution in [2.75, 3.05) is 13.1 Å². The molecule has 1 spiro atoms. The Kier molecular flexibility index (Phi) is 3.87. The van der Waals surface area contributed by atoms with Gasteiger partial charge in [0.2, 0.25) is 11.8 Å². The molecule has 2 heterocycles. The van der Waals surface area contributed by atoms with E-state index < -0.39 is 0 Å². The van der Waals surface area contributed by atoms with Crippen molar-refractivity contribution in [3.05, 3.63) is 58.7 Å². The number of aryl methyl sites for hydroxylation is 2. The number of hydrogen-bond acceptors (Lipinski definition) is 2. The van der Waals surface area contributed by atoms with Crippen molar-refractivity contribution in [2.24, 2.45) is 0 Å². The van der Waals surface area contributed by atoms with Crippen LogP contribution in [0.25, 0.3) is 11.1 Å². The Balaban J connectivity index is 1.48. The maximum Gasteiger partial charge on any atom is 0.245 e. The van der Waals surface area contributed by atoms with E-state index >= 15 is 0 Å². The smallest absolute Gasteiger partial charge is 0.245 e. The quantitative estimate of drug-likeness (QED) is 0.831. The predicted octanol–water partition coefficient (Wildman–Crippen LogP) is 3.47. The SMILES string of the molecule is Cc1ccc2c(c1)C1(CCN(C(=O)[C@@H]3CCC(=O)N3)CC1)c1cc(C)ccc1-2. The summed E-state index contributed by atoms with van der Waals surface area (Å²) in [5.74, 6) is 0.0871. The van der Waals surface area contributed by atoms with Crippen LogP contribution in [-0.2, 0) is 15.0 Å². The van der Waals surface area contributed by atoms with E-state index in [0.717, 1.165) is 25.9 Å². The molecule has 1 N–H and O–H groups in total.